The molecule has 0 aromatic carbocycles. The summed E-state index contributed by atoms with van der Waals surface area (Å²) in [5.41, 5.74) is 0. The van der Waals surface area contributed by atoms with E-state index >= 15 is 0 Å². The van der Waals surface area contributed by atoms with Gasteiger partial charge in [-0.05, 0) is 44.9 Å². The van der Waals surface area contributed by atoms with Gasteiger partial charge in [0.05, 0.1) is 0 Å². The number of carbonyl (C=O) groups is 3. The third-order valence-electron chi connectivity index (χ3n) is 14.0. The summed E-state index contributed by atoms with van der Waals surface area (Å²) in [6.45, 7) is 6.60. The van der Waals surface area contributed by atoms with Crippen LogP contribution in [0.15, 0.2) is 12.2 Å². The van der Waals surface area contributed by atoms with Gasteiger partial charge in [-0.25, -0.2) is 0 Å². The zero-order valence-electron chi connectivity index (χ0n) is 46.2. The molecule has 0 aliphatic carbocycles. The van der Waals surface area contributed by atoms with Crippen molar-refractivity contribution in [2.75, 3.05) is 13.2 Å². The van der Waals surface area contributed by atoms with Gasteiger partial charge in [-0.15, -0.1) is 0 Å². The molecule has 0 amide bonds. The lowest BCUT2D eigenvalue weighted by atomic mass is 10.0. The van der Waals surface area contributed by atoms with Gasteiger partial charge in [0.15, 0.2) is 6.10 Å². The summed E-state index contributed by atoms with van der Waals surface area (Å²) in [6, 6.07) is 0. The van der Waals surface area contributed by atoms with E-state index in [-0.39, 0.29) is 31.1 Å². The van der Waals surface area contributed by atoms with E-state index in [1.807, 2.05) is 0 Å². The van der Waals surface area contributed by atoms with Crippen LogP contribution in [0.3, 0.4) is 0 Å². The van der Waals surface area contributed by atoms with Crippen LogP contribution < -0.4 is 0 Å². The van der Waals surface area contributed by atoms with Crippen molar-refractivity contribution in [2.24, 2.45) is 0 Å². The summed E-state index contributed by atoms with van der Waals surface area (Å²) in [5.74, 6) is -0.859. The number of esters is 3. The van der Waals surface area contributed by atoms with Gasteiger partial charge in [-0.1, -0.05) is 296 Å². The number of carbonyl (C=O) groups excluding carboxylic acids is 3. The van der Waals surface area contributed by atoms with E-state index in [4.69, 9.17) is 14.2 Å². The van der Waals surface area contributed by atoms with E-state index in [0.29, 0.717) is 19.3 Å². The quantitative estimate of drug-likeness (QED) is 0.0262. The van der Waals surface area contributed by atoms with Gasteiger partial charge in [0, 0.05) is 19.3 Å². The fraction of sp³-hybridized carbons (Fsp3) is 0.919. The predicted molar refractivity (Wildman–Crippen MR) is 293 cm³/mol. The van der Waals surface area contributed by atoms with Crippen molar-refractivity contribution in [2.45, 2.75) is 354 Å². The lowest BCUT2D eigenvalue weighted by Crippen LogP contribution is -2.30. The summed E-state index contributed by atoms with van der Waals surface area (Å²) in [5, 5.41) is 0. The molecule has 0 aromatic heterocycles. The highest BCUT2D eigenvalue weighted by Crippen LogP contribution is 2.18. The molecule has 402 valence electrons. The van der Waals surface area contributed by atoms with Crippen molar-refractivity contribution >= 4 is 17.9 Å². The molecule has 0 spiro atoms. The van der Waals surface area contributed by atoms with Gasteiger partial charge < -0.3 is 14.2 Å². The Morgan fingerprint density at radius 2 is 0.485 bits per heavy atom. The van der Waals surface area contributed by atoms with Crippen LogP contribution in [0.4, 0.5) is 0 Å². The minimum Gasteiger partial charge on any atom is -0.462 e. The smallest absolute Gasteiger partial charge is 0.306 e. The second kappa shape index (κ2) is 57.7. The lowest BCUT2D eigenvalue weighted by Gasteiger charge is -2.18. The first-order valence-electron chi connectivity index (χ1n) is 30.7. The summed E-state index contributed by atoms with van der Waals surface area (Å²) >= 11 is 0. The third kappa shape index (κ3) is 55.1. The topological polar surface area (TPSA) is 78.9 Å². The van der Waals surface area contributed by atoms with Crippen LogP contribution >= 0.6 is 0 Å². The third-order valence-corrected chi connectivity index (χ3v) is 14.0. The van der Waals surface area contributed by atoms with Crippen molar-refractivity contribution in [3.8, 4) is 0 Å². The fourth-order valence-electron chi connectivity index (χ4n) is 9.38. The normalized spacial score (nSPS) is 12.0. The van der Waals surface area contributed by atoms with Crippen molar-refractivity contribution in [1.82, 2.24) is 0 Å². The Kier molecular flexibility index (Phi) is 56.2. The van der Waals surface area contributed by atoms with Crippen molar-refractivity contribution in [3.63, 3.8) is 0 Å². The number of rotatable bonds is 57. The average Bonchev–Trinajstić information content (AvgIpc) is 3.34. The number of ether oxygens (including phenoxy) is 3. The maximum absolute atomic E-state index is 12.7. The van der Waals surface area contributed by atoms with Crippen LogP contribution in [0.25, 0.3) is 0 Å². The van der Waals surface area contributed by atoms with E-state index in [9.17, 15) is 14.4 Å². The summed E-state index contributed by atoms with van der Waals surface area (Å²) in [6.07, 6.45) is 67.2. The maximum Gasteiger partial charge on any atom is 0.306 e. The van der Waals surface area contributed by atoms with Gasteiger partial charge in [-0.3, -0.25) is 14.4 Å². The van der Waals surface area contributed by atoms with Crippen LogP contribution in [0, 0.1) is 0 Å². The van der Waals surface area contributed by atoms with Crippen LogP contribution in [-0.2, 0) is 28.6 Å². The predicted octanol–water partition coefficient (Wildman–Crippen LogP) is 20.5. The van der Waals surface area contributed by atoms with E-state index in [1.165, 1.54) is 244 Å². The van der Waals surface area contributed by atoms with Crippen LogP contribution in [0.2, 0.25) is 0 Å². The van der Waals surface area contributed by atoms with Gasteiger partial charge >= 0.3 is 17.9 Å². The second-order valence-corrected chi connectivity index (χ2v) is 21.0. The molecule has 1 unspecified atom stereocenters. The van der Waals surface area contributed by atoms with Crippen molar-refractivity contribution < 1.29 is 28.6 Å². The molecular formula is C62H118O6. The fourth-order valence-corrected chi connectivity index (χ4v) is 9.38. The molecule has 0 radical (unpaired) electrons. The molecule has 0 aliphatic heterocycles. The molecule has 0 saturated heterocycles. The molecule has 6 nitrogen and oxygen atoms in total. The Hall–Kier alpha value is -1.85. The minimum atomic E-state index is -0.760. The largest absolute Gasteiger partial charge is 0.462 e. The molecule has 6 heteroatoms. The molecular weight excluding hydrogens is 841 g/mol. The summed E-state index contributed by atoms with van der Waals surface area (Å²) in [4.78, 5) is 37.7. The van der Waals surface area contributed by atoms with E-state index in [1.54, 1.807) is 0 Å². The monoisotopic (exact) mass is 959 g/mol. The van der Waals surface area contributed by atoms with Crippen molar-refractivity contribution in [3.05, 3.63) is 12.2 Å². The molecule has 0 bridgehead atoms. The first-order chi connectivity index (χ1) is 33.5. The highest BCUT2D eigenvalue weighted by atomic mass is 16.6. The molecule has 68 heavy (non-hydrogen) atoms. The number of hydrogen-bond acceptors (Lipinski definition) is 6. The highest BCUT2D eigenvalue weighted by molar-refractivity contribution is 5.71. The van der Waals surface area contributed by atoms with Gasteiger partial charge in [-0.2, -0.15) is 0 Å². The van der Waals surface area contributed by atoms with Gasteiger partial charge in [0.25, 0.3) is 0 Å². The zero-order valence-corrected chi connectivity index (χ0v) is 46.2. The van der Waals surface area contributed by atoms with Crippen LogP contribution in [0.1, 0.15) is 348 Å². The van der Waals surface area contributed by atoms with Crippen molar-refractivity contribution in [1.29, 1.82) is 0 Å². The first kappa shape index (κ1) is 66.2. The second-order valence-electron chi connectivity index (χ2n) is 21.0. The average molecular weight is 960 g/mol. The molecule has 0 rings (SSSR count). The van der Waals surface area contributed by atoms with E-state index < -0.39 is 6.10 Å². The minimum absolute atomic E-state index is 0.0644. The number of unbranched alkanes of at least 4 members (excludes halogenated alkanes) is 44. The molecule has 0 aromatic rings. The Morgan fingerprint density at radius 1 is 0.279 bits per heavy atom. The Morgan fingerprint density at radius 3 is 0.735 bits per heavy atom. The summed E-state index contributed by atoms with van der Waals surface area (Å²) < 4.78 is 16.7. The molecule has 0 N–H and O–H groups in total. The van der Waals surface area contributed by atoms with E-state index in [0.717, 1.165) is 64.2 Å². The van der Waals surface area contributed by atoms with E-state index in [2.05, 4.69) is 32.9 Å². The zero-order chi connectivity index (χ0) is 49.3. The molecule has 1 atom stereocenters. The van der Waals surface area contributed by atoms with Gasteiger partial charge in [0.2, 0.25) is 0 Å². The Balaban J connectivity index is 3.82. The Bertz CT molecular complexity index is 1060. The molecule has 0 fully saturated rings. The standard InChI is InChI=1S/C62H118O6/c1-4-7-10-13-15-17-19-21-22-23-24-25-26-27-28-29-30-31-32-33-34-35-36-37-38-39-40-41-43-44-46-49-52-55-61(64)67-58-59(57-66-60(63)54-51-48-12-9-6-3)68-62(65)56-53-50-47-45-42-20-18-16-14-11-8-5-2/h23-24,59H,4-22,25-58H2,1-3H3/b24-23-. The number of allylic oxidation sites excluding steroid dienone is 2. The maximum atomic E-state index is 12.7. The summed E-state index contributed by atoms with van der Waals surface area (Å²) in [7, 11) is 0. The number of hydrogen-bond donors (Lipinski definition) is 0. The van der Waals surface area contributed by atoms with Crippen LogP contribution in [-0.4, -0.2) is 37.2 Å². The molecule has 0 saturated carbocycles. The molecule has 0 heterocycles. The highest BCUT2D eigenvalue weighted by Gasteiger charge is 2.19. The van der Waals surface area contributed by atoms with Gasteiger partial charge in [0.1, 0.15) is 13.2 Å². The lowest BCUT2D eigenvalue weighted by molar-refractivity contribution is -0.167. The first-order valence-corrected chi connectivity index (χ1v) is 30.7. The SMILES string of the molecule is CCCCCCCCCC/C=C\CCCCCCCCCCCCCCCCCCCCCCCC(=O)OCC(COC(=O)CCCCCCC)OC(=O)CCCCCCCCCCCCCC. The molecule has 0 aliphatic rings. The Labute approximate surface area is 424 Å². The van der Waals surface area contributed by atoms with Crippen LogP contribution in [0.5, 0.6) is 0 Å².